The van der Waals surface area contributed by atoms with Crippen molar-refractivity contribution < 1.29 is 0 Å². The summed E-state index contributed by atoms with van der Waals surface area (Å²) in [6.45, 7) is 4.39. The SMILES string of the molecule is CC(C)c1ccc(N=Cc2nc3ccccc3s2)cc1. The number of aromatic nitrogens is 1. The molecule has 3 heteroatoms. The van der Waals surface area contributed by atoms with Crippen LogP contribution in [-0.4, -0.2) is 11.2 Å². The molecule has 1 aromatic heterocycles. The van der Waals surface area contributed by atoms with Crippen LogP contribution in [0, 0.1) is 0 Å². The van der Waals surface area contributed by atoms with Crippen LogP contribution in [-0.2, 0) is 0 Å². The van der Waals surface area contributed by atoms with Gasteiger partial charge >= 0.3 is 0 Å². The molecule has 0 spiro atoms. The molecule has 0 radical (unpaired) electrons. The topological polar surface area (TPSA) is 25.2 Å². The van der Waals surface area contributed by atoms with Crippen molar-refractivity contribution >= 4 is 33.5 Å². The quantitative estimate of drug-likeness (QED) is 0.607. The first kappa shape index (κ1) is 13.0. The lowest BCUT2D eigenvalue weighted by Crippen LogP contribution is -1.84. The van der Waals surface area contributed by atoms with Crippen LogP contribution >= 0.6 is 11.3 Å². The molecule has 2 aromatic carbocycles. The van der Waals surface area contributed by atoms with Crippen LogP contribution in [0.2, 0.25) is 0 Å². The van der Waals surface area contributed by atoms with E-state index >= 15 is 0 Å². The van der Waals surface area contributed by atoms with Gasteiger partial charge in [-0.25, -0.2) is 4.98 Å². The van der Waals surface area contributed by atoms with E-state index in [-0.39, 0.29) is 0 Å². The predicted molar refractivity (Wildman–Crippen MR) is 87.4 cm³/mol. The highest BCUT2D eigenvalue weighted by atomic mass is 32.1. The monoisotopic (exact) mass is 280 g/mol. The van der Waals surface area contributed by atoms with E-state index in [4.69, 9.17) is 0 Å². The van der Waals surface area contributed by atoms with Crippen LogP contribution in [0.4, 0.5) is 5.69 Å². The number of benzene rings is 2. The van der Waals surface area contributed by atoms with Gasteiger partial charge in [0.25, 0.3) is 0 Å². The Balaban J connectivity index is 1.82. The van der Waals surface area contributed by atoms with Crippen molar-refractivity contribution in [1.29, 1.82) is 0 Å². The number of fused-ring (bicyclic) bond motifs is 1. The molecule has 3 rings (SSSR count). The summed E-state index contributed by atoms with van der Waals surface area (Å²) in [6.07, 6.45) is 1.84. The Bertz CT molecular complexity index is 706. The van der Waals surface area contributed by atoms with Gasteiger partial charge in [-0.05, 0) is 35.7 Å². The second kappa shape index (κ2) is 5.55. The third kappa shape index (κ3) is 2.78. The fraction of sp³-hybridized carbons (Fsp3) is 0.176. The van der Waals surface area contributed by atoms with Gasteiger partial charge in [-0.1, -0.05) is 38.1 Å². The van der Waals surface area contributed by atoms with Crippen molar-refractivity contribution in [2.75, 3.05) is 0 Å². The average molecular weight is 280 g/mol. The molecule has 0 saturated heterocycles. The van der Waals surface area contributed by atoms with E-state index in [9.17, 15) is 0 Å². The lowest BCUT2D eigenvalue weighted by Gasteiger charge is -2.04. The third-order valence-electron chi connectivity index (χ3n) is 3.19. The average Bonchev–Trinajstić information content (AvgIpc) is 2.88. The van der Waals surface area contributed by atoms with Crippen molar-refractivity contribution in [3.05, 3.63) is 59.1 Å². The normalized spacial score (nSPS) is 11.8. The molecule has 1 heterocycles. The summed E-state index contributed by atoms with van der Waals surface area (Å²) in [5.74, 6) is 0.553. The molecule has 0 aliphatic heterocycles. The van der Waals surface area contributed by atoms with Crippen LogP contribution in [0.1, 0.15) is 30.3 Å². The summed E-state index contributed by atoms with van der Waals surface area (Å²) in [5, 5.41) is 0.944. The molecule has 0 unspecified atom stereocenters. The van der Waals surface area contributed by atoms with E-state index in [0.717, 1.165) is 16.2 Å². The lowest BCUT2D eigenvalue weighted by molar-refractivity contribution is 0.867. The molecule has 100 valence electrons. The van der Waals surface area contributed by atoms with Gasteiger partial charge in [0.1, 0.15) is 5.01 Å². The number of para-hydroxylation sites is 1. The molecule has 0 amide bonds. The molecule has 0 aliphatic rings. The van der Waals surface area contributed by atoms with Gasteiger partial charge in [0.05, 0.1) is 22.1 Å². The Labute approximate surface area is 122 Å². The van der Waals surface area contributed by atoms with Gasteiger partial charge in [-0.2, -0.15) is 0 Å². The standard InChI is InChI=1S/C17H16N2S/c1-12(2)13-7-9-14(10-8-13)18-11-17-19-15-5-3-4-6-16(15)20-17/h3-12H,1-2H3. The first-order valence-electron chi connectivity index (χ1n) is 6.72. The zero-order chi connectivity index (χ0) is 13.9. The molecule has 0 N–H and O–H groups in total. The zero-order valence-electron chi connectivity index (χ0n) is 11.6. The lowest BCUT2D eigenvalue weighted by atomic mass is 10.0. The number of thiazole rings is 1. The first-order valence-corrected chi connectivity index (χ1v) is 7.53. The van der Waals surface area contributed by atoms with Crippen molar-refractivity contribution in [2.45, 2.75) is 19.8 Å². The largest absolute Gasteiger partial charge is 0.254 e. The Morgan fingerprint density at radius 3 is 2.50 bits per heavy atom. The van der Waals surface area contributed by atoms with Crippen molar-refractivity contribution in [1.82, 2.24) is 4.98 Å². The number of rotatable bonds is 3. The fourth-order valence-corrected chi connectivity index (χ4v) is 2.86. The summed E-state index contributed by atoms with van der Waals surface area (Å²) in [5.41, 5.74) is 3.34. The van der Waals surface area contributed by atoms with Crippen LogP contribution in [0.3, 0.4) is 0 Å². The minimum atomic E-state index is 0.553. The molecular weight excluding hydrogens is 264 g/mol. The maximum absolute atomic E-state index is 4.54. The van der Waals surface area contributed by atoms with Gasteiger partial charge in [0, 0.05) is 0 Å². The smallest absolute Gasteiger partial charge is 0.135 e. The number of nitrogens with zero attached hydrogens (tertiary/aromatic N) is 2. The molecule has 0 saturated carbocycles. The summed E-state index contributed by atoms with van der Waals surface area (Å²) >= 11 is 1.66. The maximum atomic E-state index is 4.54. The molecule has 2 nitrogen and oxygen atoms in total. The van der Waals surface area contributed by atoms with Crippen LogP contribution < -0.4 is 0 Å². The molecule has 0 bridgehead atoms. The van der Waals surface area contributed by atoms with E-state index in [1.54, 1.807) is 11.3 Å². The van der Waals surface area contributed by atoms with Crippen LogP contribution in [0.5, 0.6) is 0 Å². The van der Waals surface area contributed by atoms with E-state index in [2.05, 4.69) is 54.2 Å². The van der Waals surface area contributed by atoms with E-state index in [1.807, 2.05) is 24.4 Å². The van der Waals surface area contributed by atoms with Gasteiger partial charge in [-0.3, -0.25) is 4.99 Å². The van der Waals surface area contributed by atoms with Gasteiger partial charge in [-0.15, -0.1) is 11.3 Å². The number of hydrogen-bond donors (Lipinski definition) is 0. The number of hydrogen-bond acceptors (Lipinski definition) is 3. The molecule has 3 aromatic rings. The second-order valence-corrected chi connectivity index (χ2v) is 6.09. The highest BCUT2D eigenvalue weighted by molar-refractivity contribution is 7.20. The highest BCUT2D eigenvalue weighted by Crippen LogP contribution is 2.22. The van der Waals surface area contributed by atoms with Gasteiger partial charge < -0.3 is 0 Å². The van der Waals surface area contributed by atoms with Crippen molar-refractivity contribution in [3.63, 3.8) is 0 Å². The maximum Gasteiger partial charge on any atom is 0.135 e. The van der Waals surface area contributed by atoms with E-state index < -0.39 is 0 Å². The fourth-order valence-electron chi connectivity index (χ4n) is 2.02. The van der Waals surface area contributed by atoms with Crippen LogP contribution in [0.15, 0.2) is 53.5 Å². The summed E-state index contributed by atoms with van der Waals surface area (Å²) in [6, 6.07) is 16.5. The second-order valence-electron chi connectivity index (χ2n) is 5.02. The van der Waals surface area contributed by atoms with Crippen molar-refractivity contribution in [2.24, 2.45) is 4.99 Å². The Morgan fingerprint density at radius 2 is 1.80 bits per heavy atom. The minimum absolute atomic E-state index is 0.553. The van der Waals surface area contributed by atoms with Crippen LogP contribution in [0.25, 0.3) is 10.2 Å². The van der Waals surface area contributed by atoms with Gasteiger partial charge in [0.2, 0.25) is 0 Å². The van der Waals surface area contributed by atoms with Crippen molar-refractivity contribution in [3.8, 4) is 0 Å². The Morgan fingerprint density at radius 1 is 1.05 bits per heavy atom. The Kier molecular flexibility index (Phi) is 3.61. The molecule has 0 atom stereocenters. The zero-order valence-corrected chi connectivity index (χ0v) is 12.4. The molecule has 0 fully saturated rings. The number of aliphatic imine (C=N–C) groups is 1. The molecule has 0 aliphatic carbocycles. The first-order chi connectivity index (χ1) is 9.72. The minimum Gasteiger partial charge on any atom is -0.254 e. The van der Waals surface area contributed by atoms with Gasteiger partial charge in [0.15, 0.2) is 0 Å². The molecular formula is C17H16N2S. The molecule has 20 heavy (non-hydrogen) atoms. The summed E-state index contributed by atoms with van der Waals surface area (Å²) < 4.78 is 1.20. The van der Waals surface area contributed by atoms with E-state index in [0.29, 0.717) is 5.92 Å². The van der Waals surface area contributed by atoms with E-state index in [1.165, 1.54) is 10.3 Å². The predicted octanol–water partition coefficient (Wildman–Crippen LogP) is 5.17. The Hall–Kier alpha value is -2.00. The highest BCUT2D eigenvalue weighted by Gasteiger charge is 2.01. The summed E-state index contributed by atoms with van der Waals surface area (Å²) in [7, 11) is 0. The summed E-state index contributed by atoms with van der Waals surface area (Å²) in [4.78, 5) is 9.04. The third-order valence-corrected chi connectivity index (χ3v) is 4.17.